The zero-order valence-corrected chi connectivity index (χ0v) is 13.2. The van der Waals surface area contributed by atoms with Gasteiger partial charge in [-0.2, -0.15) is 22.0 Å². The van der Waals surface area contributed by atoms with Crippen molar-refractivity contribution in [2.75, 3.05) is 11.9 Å². The molecule has 136 valence electrons. The minimum atomic E-state index is -4.87. The van der Waals surface area contributed by atoms with Crippen LogP contribution >= 0.6 is 11.6 Å². The molecule has 0 aliphatic heterocycles. The number of rotatable bonds is 5. The molecule has 0 fully saturated rings. The average molecular weight is 385 g/mol. The fourth-order valence-electron chi connectivity index (χ4n) is 2.16. The van der Waals surface area contributed by atoms with Crippen LogP contribution in [0.15, 0.2) is 24.5 Å². The molecular formula is C13H10ClF5N4O2. The van der Waals surface area contributed by atoms with E-state index in [9.17, 15) is 32.1 Å². The van der Waals surface area contributed by atoms with Gasteiger partial charge < -0.3 is 4.90 Å². The predicted molar refractivity (Wildman–Crippen MR) is 78.7 cm³/mol. The molecule has 0 amide bonds. The van der Waals surface area contributed by atoms with Gasteiger partial charge in [-0.1, -0.05) is 11.6 Å². The maximum Gasteiger partial charge on any atom is 0.418 e. The molecule has 0 saturated heterocycles. The summed E-state index contributed by atoms with van der Waals surface area (Å²) in [5, 5.41) is 10.4. The zero-order chi connectivity index (χ0) is 18.9. The molecule has 2 rings (SSSR count). The monoisotopic (exact) mass is 384 g/mol. The van der Waals surface area contributed by atoms with E-state index in [0.717, 1.165) is 23.4 Å². The van der Waals surface area contributed by atoms with Crippen molar-refractivity contribution in [1.29, 1.82) is 0 Å². The summed E-state index contributed by atoms with van der Waals surface area (Å²) in [5.74, 6) is -0.122. The SMILES string of the molecule is CN(Cc1nccn1C(F)F)c1cc(Cl)c(C(F)(F)F)cc1[N+](=O)[O-]. The first-order chi connectivity index (χ1) is 11.5. The molecule has 0 N–H and O–H groups in total. The maximum absolute atomic E-state index is 12.9. The number of hydrogen-bond acceptors (Lipinski definition) is 4. The topological polar surface area (TPSA) is 64.2 Å². The van der Waals surface area contributed by atoms with Gasteiger partial charge in [-0.15, -0.1) is 0 Å². The number of benzene rings is 1. The van der Waals surface area contributed by atoms with Crippen molar-refractivity contribution in [3.05, 3.63) is 51.1 Å². The van der Waals surface area contributed by atoms with Gasteiger partial charge in [0.05, 0.1) is 22.1 Å². The van der Waals surface area contributed by atoms with E-state index in [1.807, 2.05) is 0 Å². The highest BCUT2D eigenvalue weighted by atomic mass is 35.5. The molecule has 1 heterocycles. The lowest BCUT2D eigenvalue weighted by Gasteiger charge is -2.21. The van der Waals surface area contributed by atoms with Crippen LogP contribution in [0.1, 0.15) is 17.9 Å². The third kappa shape index (κ3) is 3.98. The van der Waals surface area contributed by atoms with E-state index in [0.29, 0.717) is 10.6 Å². The molecule has 0 atom stereocenters. The highest BCUT2D eigenvalue weighted by Gasteiger charge is 2.36. The van der Waals surface area contributed by atoms with Gasteiger partial charge in [-0.25, -0.2) is 4.98 Å². The van der Waals surface area contributed by atoms with Crippen molar-refractivity contribution in [2.45, 2.75) is 19.3 Å². The highest BCUT2D eigenvalue weighted by Crippen LogP contribution is 2.41. The Kier molecular flexibility index (Phi) is 5.16. The summed E-state index contributed by atoms with van der Waals surface area (Å²) in [6.45, 7) is -3.18. The average Bonchev–Trinajstić information content (AvgIpc) is 2.93. The van der Waals surface area contributed by atoms with Crippen LogP contribution in [-0.4, -0.2) is 21.5 Å². The first kappa shape index (κ1) is 18.9. The minimum absolute atomic E-state index is 0.122. The first-order valence-electron chi connectivity index (χ1n) is 6.58. The molecule has 6 nitrogen and oxygen atoms in total. The van der Waals surface area contributed by atoms with Gasteiger partial charge in [0.25, 0.3) is 5.69 Å². The second kappa shape index (κ2) is 6.82. The highest BCUT2D eigenvalue weighted by molar-refractivity contribution is 6.31. The van der Waals surface area contributed by atoms with Crippen LogP contribution in [0.3, 0.4) is 0 Å². The van der Waals surface area contributed by atoms with E-state index in [-0.39, 0.29) is 18.1 Å². The normalized spacial score (nSPS) is 11.8. The summed E-state index contributed by atoms with van der Waals surface area (Å²) in [5.41, 5.74) is -2.46. The van der Waals surface area contributed by atoms with Crippen LogP contribution in [0.2, 0.25) is 5.02 Å². The third-order valence-corrected chi connectivity index (χ3v) is 3.63. The summed E-state index contributed by atoms with van der Waals surface area (Å²) >= 11 is 5.59. The van der Waals surface area contributed by atoms with Crippen molar-refractivity contribution >= 4 is 23.0 Å². The standard InChI is InChI=1S/C13H10ClF5N4O2/c1-21(6-11-20-2-3-22(11)12(15)16)9-5-8(14)7(13(17,18)19)4-10(9)23(24)25/h2-5,12H,6H2,1H3. The van der Waals surface area contributed by atoms with Gasteiger partial charge in [-0.3, -0.25) is 14.7 Å². The van der Waals surface area contributed by atoms with E-state index in [2.05, 4.69) is 4.98 Å². The summed E-state index contributed by atoms with van der Waals surface area (Å²) in [6, 6.07) is 1.09. The van der Waals surface area contributed by atoms with Crippen LogP contribution in [0.5, 0.6) is 0 Å². The quantitative estimate of drug-likeness (QED) is 0.432. The zero-order valence-electron chi connectivity index (χ0n) is 12.5. The van der Waals surface area contributed by atoms with E-state index in [4.69, 9.17) is 11.6 Å². The smallest absolute Gasteiger partial charge is 0.362 e. The van der Waals surface area contributed by atoms with Gasteiger partial charge in [0.2, 0.25) is 0 Å². The fourth-order valence-corrected chi connectivity index (χ4v) is 2.43. The summed E-state index contributed by atoms with van der Waals surface area (Å²) < 4.78 is 64.7. The van der Waals surface area contributed by atoms with E-state index >= 15 is 0 Å². The Morgan fingerprint density at radius 3 is 2.56 bits per heavy atom. The Morgan fingerprint density at radius 1 is 1.40 bits per heavy atom. The van der Waals surface area contributed by atoms with Crippen LogP contribution < -0.4 is 4.90 Å². The fraction of sp³-hybridized carbons (Fsp3) is 0.308. The summed E-state index contributed by atoms with van der Waals surface area (Å²) in [4.78, 5) is 15.0. The van der Waals surface area contributed by atoms with Crippen molar-refractivity contribution in [3.8, 4) is 0 Å². The van der Waals surface area contributed by atoms with Crippen molar-refractivity contribution in [1.82, 2.24) is 9.55 Å². The van der Waals surface area contributed by atoms with Crippen LogP contribution in [0.4, 0.5) is 33.3 Å². The number of halogens is 6. The molecule has 0 spiro atoms. The molecule has 0 saturated carbocycles. The van der Waals surface area contributed by atoms with E-state index < -0.39 is 33.9 Å². The Morgan fingerprint density at radius 2 is 2.04 bits per heavy atom. The molecule has 0 bridgehead atoms. The Labute approximate surface area is 142 Å². The number of nitrogens with zero attached hydrogens (tertiary/aromatic N) is 4. The van der Waals surface area contributed by atoms with Gasteiger partial charge >= 0.3 is 12.7 Å². The Balaban J connectivity index is 2.45. The molecule has 12 heteroatoms. The second-order valence-electron chi connectivity index (χ2n) is 4.96. The van der Waals surface area contributed by atoms with Crippen LogP contribution in [0, 0.1) is 10.1 Å². The number of nitro groups is 1. The van der Waals surface area contributed by atoms with E-state index in [1.54, 1.807) is 0 Å². The number of anilines is 1. The molecule has 0 aliphatic rings. The molecular weight excluding hydrogens is 375 g/mol. The second-order valence-corrected chi connectivity index (χ2v) is 5.37. The van der Waals surface area contributed by atoms with Gasteiger partial charge in [0, 0.05) is 25.5 Å². The third-order valence-electron chi connectivity index (χ3n) is 3.32. The lowest BCUT2D eigenvalue weighted by molar-refractivity contribution is -0.384. The molecule has 1 aromatic heterocycles. The number of imidazole rings is 1. The predicted octanol–water partition coefficient (Wildman–Crippen LogP) is 4.50. The van der Waals surface area contributed by atoms with Gasteiger partial charge in [0.15, 0.2) is 0 Å². The minimum Gasteiger partial charge on any atom is -0.362 e. The Bertz CT molecular complexity index is 793. The van der Waals surface area contributed by atoms with Gasteiger partial charge in [-0.05, 0) is 6.07 Å². The summed E-state index contributed by atoms with van der Waals surface area (Å²) in [6.07, 6.45) is -2.74. The lowest BCUT2D eigenvalue weighted by atomic mass is 10.1. The van der Waals surface area contributed by atoms with Crippen molar-refractivity contribution in [2.24, 2.45) is 0 Å². The number of alkyl halides is 5. The van der Waals surface area contributed by atoms with E-state index in [1.165, 1.54) is 7.05 Å². The molecule has 1 aromatic carbocycles. The number of nitro benzene ring substituents is 1. The van der Waals surface area contributed by atoms with Gasteiger partial charge in [0.1, 0.15) is 11.5 Å². The first-order valence-corrected chi connectivity index (χ1v) is 6.96. The molecule has 0 radical (unpaired) electrons. The lowest BCUT2D eigenvalue weighted by Crippen LogP contribution is -2.21. The molecule has 0 aliphatic carbocycles. The molecule has 2 aromatic rings. The van der Waals surface area contributed by atoms with Crippen LogP contribution in [-0.2, 0) is 12.7 Å². The molecule has 0 unspecified atom stereocenters. The maximum atomic E-state index is 12.9. The number of hydrogen-bond donors (Lipinski definition) is 0. The van der Waals surface area contributed by atoms with Crippen LogP contribution in [0.25, 0.3) is 0 Å². The Hall–Kier alpha value is -2.43. The van der Waals surface area contributed by atoms with Crippen molar-refractivity contribution < 1.29 is 26.9 Å². The largest absolute Gasteiger partial charge is 0.418 e. The number of aromatic nitrogens is 2. The molecule has 25 heavy (non-hydrogen) atoms. The summed E-state index contributed by atoms with van der Waals surface area (Å²) in [7, 11) is 1.29. The van der Waals surface area contributed by atoms with Crippen molar-refractivity contribution in [3.63, 3.8) is 0 Å².